The zero-order chi connectivity index (χ0) is 20.8. The van der Waals surface area contributed by atoms with Crippen LogP contribution in [0, 0.1) is 5.82 Å². The minimum Gasteiger partial charge on any atom is -0.368 e. The van der Waals surface area contributed by atoms with Crippen LogP contribution in [0.3, 0.4) is 0 Å². The molecule has 0 saturated heterocycles. The summed E-state index contributed by atoms with van der Waals surface area (Å²) in [6.07, 6.45) is 3.73. The first-order valence-corrected chi connectivity index (χ1v) is 11.2. The Labute approximate surface area is 187 Å². The van der Waals surface area contributed by atoms with Crippen LogP contribution in [0.15, 0.2) is 45.3 Å². The molecule has 29 heavy (non-hydrogen) atoms. The maximum atomic E-state index is 13.1. The van der Waals surface area contributed by atoms with Crippen molar-refractivity contribution in [1.29, 1.82) is 0 Å². The molecule has 0 spiro atoms. The summed E-state index contributed by atoms with van der Waals surface area (Å²) in [7, 11) is 0. The van der Waals surface area contributed by atoms with Gasteiger partial charge in [-0.05, 0) is 64.9 Å². The number of halogens is 3. The highest BCUT2D eigenvalue weighted by Crippen LogP contribution is 2.31. The predicted octanol–water partition coefficient (Wildman–Crippen LogP) is 6.22. The van der Waals surface area contributed by atoms with Crippen LogP contribution in [0.4, 0.5) is 10.2 Å². The van der Waals surface area contributed by atoms with Crippen molar-refractivity contribution < 1.29 is 4.39 Å². The quantitative estimate of drug-likeness (QED) is 0.382. The van der Waals surface area contributed by atoms with Crippen molar-refractivity contribution in [2.75, 3.05) is 31.5 Å². The molecule has 4 nitrogen and oxygen atoms in total. The first kappa shape index (κ1) is 21.9. The molecule has 0 aliphatic rings. The Bertz CT molecular complexity index is 1000. The van der Waals surface area contributed by atoms with Crippen LogP contribution in [-0.2, 0) is 0 Å². The van der Waals surface area contributed by atoms with Crippen molar-refractivity contribution in [3.05, 3.63) is 62.5 Å². The second-order valence-electron chi connectivity index (χ2n) is 6.55. The van der Waals surface area contributed by atoms with Gasteiger partial charge in [0.05, 0.1) is 5.52 Å². The van der Waals surface area contributed by atoms with Crippen LogP contribution >= 0.6 is 31.9 Å². The molecule has 0 atom stereocenters. The average Bonchev–Trinajstić information content (AvgIpc) is 2.71. The lowest BCUT2D eigenvalue weighted by atomic mass is 10.2. The van der Waals surface area contributed by atoms with Crippen LogP contribution in [0.1, 0.15) is 25.2 Å². The van der Waals surface area contributed by atoms with Gasteiger partial charge in [0.25, 0.3) is 0 Å². The van der Waals surface area contributed by atoms with Gasteiger partial charge in [0.1, 0.15) is 11.6 Å². The molecule has 3 aromatic rings. The number of hydrogen-bond donors (Lipinski definition) is 1. The Hall–Kier alpha value is -1.83. The minimum atomic E-state index is -0.252. The number of likely N-dealkylation sites (N-methyl/N-ethyl adjacent to an activating group) is 1. The van der Waals surface area contributed by atoms with Crippen LogP contribution in [-0.4, -0.2) is 41.0 Å². The van der Waals surface area contributed by atoms with Gasteiger partial charge in [-0.2, -0.15) is 0 Å². The van der Waals surface area contributed by atoms with E-state index in [9.17, 15) is 4.39 Å². The first-order valence-electron chi connectivity index (χ1n) is 9.56. The topological polar surface area (TPSA) is 41.0 Å². The summed E-state index contributed by atoms with van der Waals surface area (Å²) in [5.41, 5.74) is 1.73. The summed E-state index contributed by atoms with van der Waals surface area (Å²) < 4.78 is 15.0. The SMILES string of the molecule is CCN(CC)CCNc1nc(/C=C/c2ccc(F)cc2)nc2c(Br)cc(Br)cc12. The zero-order valence-corrected chi connectivity index (χ0v) is 19.6. The van der Waals surface area contributed by atoms with Gasteiger partial charge in [-0.1, -0.05) is 48.0 Å². The molecule has 152 valence electrons. The lowest BCUT2D eigenvalue weighted by Crippen LogP contribution is -2.28. The van der Waals surface area contributed by atoms with Crippen LogP contribution in [0.2, 0.25) is 0 Å². The molecule has 1 N–H and O–H groups in total. The van der Waals surface area contributed by atoms with Gasteiger partial charge in [0, 0.05) is 27.4 Å². The highest BCUT2D eigenvalue weighted by Gasteiger charge is 2.11. The van der Waals surface area contributed by atoms with E-state index in [2.05, 4.69) is 55.9 Å². The molecule has 0 aliphatic heterocycles. The van der Waals surface area contributed by atoms with Crippen molar-refractivity contribution >= 4 is 60.7 Å². The number of rotatable bonds is 8. The highest BCUT2D eigenvalue weighted by molar-refractivity contribution is 9.11. The Morgan fingerprint density at radius 3 is 2.45 bits per heavy atom. The smallest absolute Gasteiger partial charge is 0.155 e. The van der Waals surface area contributed by atoms with E-state index in [-0.39, 0.29) is 5.82 Å². The van der Waals surface area contributed by atoms with Crippen LogP contribution < -0.4 is 5.32 Å². The van der Waals surface area contributed by atoms with E-state index in [0.29, 0.717) is 5.82 Å². The van der Waals surface area contributed by atoms with E-state index in [1.807, 2.05) is 24.3 Å². The molecule has 0 fully saturated rings. The minimum absolute atomic E-state index is 0.252. The summed E-state index contributed by atoms with van der Waals surface area (Å²) in [5.74, 6) is 1.14. The summed E-state index contributed by atoms with van der Waals surface area (Å²) in [6.45, 7) is 8.09. The van der Waals surface area contributed by atoms with E-state index in [1.165, 1.54) is 12.1 Å². The fourth-order valence-corrected chi connectivity index (χ4v) is 4.31. The first-order chi connectivity index (χ1) is 14.0. The molecule has 0 unspecified atom stereocenters. The molecule has 3 rings (SSSR count). The fourth-order valence-electron chi connectivity index (χ4n) is 3.00. The maximum Gasteiger partial charge on any atom is 0.155 e. The Balaban J connectivity index is 1.93. The number of nitrogens with zero attached hydrogens (tertiary/aromatic N) is 3. The summed E-state index contributed by atoms with van der Waals surface area (Å²) in [5, 5.41) is 4.42. The lowest BCUT2D eigenvalue weighted by Gasteiger charge is -2.19. The normalized spacial score (nSPS) is 11.7. The van der Waals surface area contributed by atoms with Crippen LogP contribution in [0.5, 0.6) is 0 Å². The second kappa shape index (κ2) is 10.3. The fraction of sp³-hybridized carbons (Fsp3) is 0.273. The van der Waals surface area contributed by atoms with Crippen molar-refractivity contribution in [3.8, 4) is 0 Å². The number of fused-ring (bicyclic) bond motifs is 1. The molecule has 1 heterocycles. The molecular formula is C22H23Br2FN4. The molecule has 1 aromatic heterocycles. The van der Waals surface area contributed by atoms with Gasteiger partial charge in [-0.3, -0.25) is 0 Å². The molecule has 0 aliphatic carbocycles. The van der Waals surface area contributed by atoms with Gasteiger partial charge in [0.2, 0.25) is 0 Å². The van der Waals surface area contributed by atoms with E-state index >= 15 is 0 Å². The maximum absolute atomic E-state index is 13.1. The number of hydrogen-bond acceptors (Lipinski definition) is 4. The third-order valence-corrected chi connectivity index (χ3v) is 5.71. The van der Waals surface area contributed by atoms with Crippen molar-refractivity contribution in [2.45, 2.75) is 13.8 Å². The molecule has 0 bridgehead atoms. The Morgan fingerprint density at radius 2 is 1.76 bits per heavy atom. The highest BCUT2D eigenvalue weighted by atomic mass is 79.9. The van der Waals surface area contributed by atoms with Crippen molar-refractivity contribution in [3.63, 3.8) is 0 Å². The molecule has 0 radical (unpaired) electrons. The average molecular weight is 522 g/mol. The summed E-state index contributed by atoms with van der Waals surface area (Å²) in [6, 6.07) is 10.3. The number of benzene rings is 2. The summed E-state index contributed by atoms with van der Waals surface area (Å²) >= 11 is 7.16. The molecule has 2 aromatic carbocycles. The van der Waals surface area contributed by atoms with E-state index in [4.69, 9.17) is 9.97 Å². The molecule has 0 amide bonds. The second-order valence-corrected chi connectivity index (χ2v) is 8.32. The third-order valence-electron chi connectivity index (χ3n) is 4.65. The molecular weight excluding hydrogens is 499 g/mol. The monoisotopic (exact) mass is 520 g/mol. The van der Waals surface area contributed by atoms with Gasteiger partial charge in [-0.15, -0.1) is 0 Å². The van der Waals surface area contributed by atoms with E-state index in [0.717, 1.165) is 57.4 Å². The summed E-state index contributed by atoms with van der Waals surface area (Å²) in [4.78, 5) is 11.8. The Kier molecular flexibility index (Phi) is 7.75. The van der Waals surface area contributed by atoms with Gasteiger partial charge >= 0.3 is 0 Å². The van der Waals surface area contributed by atoms with Crippen molar-refractivity contribution in [1.82, 2.24) is 14.9 Å². The molecule has 0 saturated carbocycles. The Morgan fingerprint density at radius 1 is 1.03 bits per heavy atom. The number of nitrogens with one attached hydrogen (secondary N) is 1. The third kappa shape index (κ3) is 5.84. The van der Waals surface area contributed by atoms with Gasteiger partial charge in [0.15, 0.2) is 5.82 Å². The van der Waals surface area contributed by atoms with E-state index in [1.54, 1.807) is 12.1 Å². The van der Waals surface area contributed by atoms with Gasteiger partial charge in [-0.25, -0.2) is 14.4 Å². The van der Waals surface area contributed by atoms with E-state index < -0.39 is 0 Å². The number of aromatic nitrogens is 2. The zero-order valence-electron chi connectivity index (χ0n) is 16.4. The van der Waals surface area contributed by atoms with Crippen molar-refractivity contribution in [2.24, 2.45) is 0 Å². The predicted molar refractivity (Wildman–Crippen MR) is 127 cm³/mol. The lowest BCUT2D eigenvalue weighted by molar-refractivity contribution is 0.316. The van der Waals surface area contributed by atoms with Gasteiger partial charge < -0.3 is 10.2 Å². The standard InChI is InChI=1S/C22H23Br2FN4/c1-3-29(4-2)12-11-26-22-18-13-16(23)14-19(24)21(18)27-20(28-22)10-7-15-5-8-17(25)9-6-15/h5-10,13-14H,3-4,11-12H2,1-2H3,(H,26,27,28)/b10-7+. The molecule has 7 heteroatoms. The van der Waals surface area contributed by atoms with Crippen LogP contribution in [0.25, 0.3) is 23.1 Å². The largest absolute Gasteiger partial charge is 0.368 e. The number of anilines is 1.